The second-order valence-electron chi connectivity index (χ2n) is 6.01. The molecular weight excluding hydrogens is 324 g/mol. The largest absolute Gasteiger partial charge is 0.349 e. The van der Waals surface area contributed by atoms with Crippen LogP contribution in [0.1, 0.15) is 16.7 Å². The van der Waals surface area contributed by atoms with E-state index >= 15 is 0 Å². The number of carbonyl (C=O) groups is 1. The molecule has 6 heteroatoms. The molecule has 0 aromatic heterocycles. The van der Waals surface area contributed by atoms with Gasteiger partial charge < -0.3 is 4.90 Å². The Balaban J connectivity index is 2.01. The van der Waals surface area contributed by atoms with E-state index in [4.69, 9.17) is 0 Å². The molecule has 1 amide bonds. The van der Waals surface area contributed by atoms with E-state index in [0.29, 0.717) is 12.1 Å². The highest BCUT2D eigenvalue weighted by Gasteiger charge is 2.12. The number of benzene rings is 2. The quantitative estimate of drug-likeness (QED) is 0.874. The van der Waals surface area contributed by atoms with Gasteiger partial charge >= 0.3 is 0 Å². The van der Waals surface area contributed by atoms with Gasteiger partial charge in [0.2, 0.25) is 15.9 Å². The molecule has 128 valence electrons. The molecule has 2 aromatic rings. The van der Waals surface area contributed by atoms with Crippen LogP contribution >= 0.6 is 0 Å². The van der Waals surface area contributed by atoms with Gasteiger partial charge in [0, 0.05) is 19.8 Å². The Morgan fingerprint density at radius 1 is 0.958 bits per heavy atom. The number of nitrogens with zero attached hydrogens (tertiary/aromatic N) is 1. The first-order valence-electron chi connectivity index (χ1n) is 7.60. The molecule has 24 heavy (non-hydrogen) atoms. The van der Waals surface area contributed by atoms with Crippen molar-refractivity contribution in [3.05, 3.63) is 65.2 Å². The van der Waals surface area contributed by atoms with E-state index in [1.807, 2.05) is 31.2 Å². The third-order valence-corrected chi connectivity index (χ3v) is 4.82. The summed E-state index contributed by atoms with van der Waals surface area (Å²) in [6, 6.07) is 14.3. The van der Waals surface area contributed by atoms with E-state index in [9.17, 15) is 13.2 Å². The summed E-state index contributed by atoms with van der Waals surface area (Å²) in [5.41, 5.74) is 3.16. The topological polar surface area (TPSA) is 66.5 Å². The van der Waals surface area contributed by atoms with Crippen LogP contribution in [0.3, 0.4) is 0 Å². The average molecular weight is 346 g/mol. The fourth-order valence-electron chi connectivity index (χ4n) is 2.14. The fourth-order valence-corrected chi connectivity index (χ4v) is 3.34. The lowest BCUT2D eigenvalue weighted by Crippen LogP contribution is -2.23. The Labute approximate surface area is 143 Å². The van der Waals surface area contributed by atoms with E-state index in [1.54, 1.807) is 38.4 Å². The molecule has 0 saturated carbocycles. The minimum absolute atomic E-state index is 0.00250. The maximum Gasteiger partial charge on any atom is 0.236 e. The highest BCUT2D eigenvalue weighted by atomic mass is 32.2. The Morgan fingerprint density at radius 3 is 2.04 bits per heavy atom. The molecule has 0 aliphatic carbocycles. The predicted octanol–water partition coefficient (Wildman–Crippen LogP) is 2.57. The van der Waals surface area contributed by atoms with E-state index in [2.05, 4.69) is 4.72 Å². The van der Waals surface area contributed by atoms with Crippen LogP contribution in [0, 0.1) is 6.92 Å². The predicted molar refractivity (Wildman–Crippen MR) is 96.3 cm³/mol. The van der Waals surface area contributed by atoms with Gasteiger partial charge in [-0.3, -0.25) is 9.52 Å². The highest BCUT2D eigenvalue weighted by Crippen LogP contribution is 2.15. The summed E-state index contributed by atoms with van der Waals surface area (Å²) in [5, 5.41) is 0. The summed E-state index contributed by atoms with van der Waals surface area (Å²) in [7, 11) is -0.0665. The van der Waals surface area contributed by atoms with Crippen molar-refractivity contribution < 1.29 is 13.2 Å². The maximum absolute atomic E-state index is 12.2. The summed E-state index contributed by atoms with van der Waals surface area (Å²) in [4.78, 5) is 13.2. The summed E-state index contributed by atoms with van der Waals surface area (Å²) >= 11 is 0. The first-order chi connectivity index (χ1) is 11.2. The van der Waals surface area contributed by atoms with Gasteiger partial charge in [0.1, 0.15) is 0 Å². The first-order valence-corrected chi connectivity index (χ1v) is 9.25. The van der Waals surface area contributed by atoms with Gasteiger partial charge in [-0.15, -0.1) is 0 Å². The molecule has 0 unspecified atom stereocenters. The minimum Gasteiger partial charge on any atom is -0.349 e. The number of sulfonamides is 1. The van der Waals surface area contributed by atoms with Gasteiger partial charge in [-0.25, -0.2) is 8.42 Å². The van der Waals surface area contributed by atoms with Gasteiger partial charge in [0.05, 0.1) is 12.2 Å². The monoisotopic (exact) mass is 346 g/mol. The van der Waals surface area contributed by atoms with Crippen molar-refractivity contribution in [3.63, 3.8) is 0 Å². The number of hydrogen-bond acceptors (Lipinski definition) is 3. The van der Waals surface area contributed by atoms with E-state index < -0.39 is 10.0 Å². The van der Waals surface area contributed by atoms with Crippen molar-refractivity contribution in [2.24, 2.45) is 0 Å². The van der Waals surface area contributed by atoms with Gasteiger partial charge in [0.15, 0.2) is 0 Å². The molecule has 2 rings (SSSR count). The van der Waals surface area contributed by atoms with Gasteiger partial charge in [0.25, 0.3) is 0 Å². The zero-order valence-electron chi connectivity index (χ0n) is 14.1. The number of hydrogen-bond donors (Lipinski definition) is 1. The van der Waals surface area contributed by atoms with Crippen LogP contribution in [0.15, 0.2) is 48.5 Å². The maximum atomic E-state index is 12.2. The molecule has 1 N–H and O–H groups in total. The van der Waals surface area contributed by atoms with Crippen LogP contribution in [0.2, 0.25) is 0 Å². The van der Waals surface area contributed by atoms with Crippen LogP contribution in [-0.4, -0.2) is 33.3 Å². The lowest BCUT2D eigenvalue weighted by molar-refractivity contribution is -0.127. The standard InChI is InChI=1S/C18H22N2O3S/c1-14-4-6-16(7-5-14)13-24(22,23)19-17-10-8-15(9-11-17)12-18(21)20(2)3/h4-11,19H,12-13H2,1-3H3. The van der Waals surface area contributed by atoms with Crippen LogP contribution in [0.25, 0.3) is 0 Å². The number of likely N-dealkylation sites (N-methyl/N-ethyl adjacent to an activating group) is 1. The molecule has 0 bridgehead atoms. The number of carbonyl (C=O) groups excluding carboxylic acids is 1. The molecule has 0 fully saturated rings. The minimum atomic E-state index is -3.48. The molecule has 0 spiro atoms. The second-order valence-corrected chi connectivity index (χ2v) is 7.73. The van der Waals surface area contributed by atoms with E-state index in [1.165, 1.54) is 4.90 Å². The van der Waals surface area contributed by atoms with Crippen molar-refractivity contribution in [2.75, 3.05) is 18.8 Å². The zero-order chi connectivity index (χ0) is 17.7. The molecule has 0 heterocycles. The van der Waals surface area contributed by atoms with Crippen molar-refractivity contribution in [3.8, 4) is 0 Å². The normalized spacial score (nSPS) is 11.1. The summed E-state index contributed by atoms with van der Waals surface area (Å²) < 4.78 is 27.0. The van der Waals surface area contributed by atoms with Crippen LogP contribution in [0.4, 0.5) is 5.69 Å². The summed E-state index contributed by atoms with van der Waals surface area (Å²) in [5.74, 6) is -0.0727. The van der Waals surface area contributed by atoms with Gasteiger partial charge in [-0.1, -0.05) is 42.0 Å². The molecule has 2 aromatic carbocycles. The lowest BCUT2D eigenvalue weighted by Gasteiger charge is -2.11. The van der Waals surface area contributed by atoms with E-state index in [-0.39, 0.29) is 11.7 Å². The molecule has 5 nitrogen and oxygen atoms in total. The van der Waals surface area contributed by atoms with Gasteiger partial charge in [-0.05, 0) is 30.2 Å². The first kappa shape index (κ1) is 18.0. The van der Waals surface area contributed by atoms with Crippen LogP contribution in [0.5, 0.6) is 0 Å². The Hall–Kier alpha value is -2.34. The molecule has 0 atom stereocenters. The Morgan fingerprint density at radius 2 is 1.50 bits per heavy atom. The number of rotatable bonds is 6. The number of amides is 1. The second kappa shape index (κ2) is 7.49. The van der Waals surface area contributed by atoms with Crippen molar-refractivity contribution in [1.29, 1.82) is 0 Å². The fraction of sp³-hybridized carbons (Fsp3) is 0.278. The van der Waals surface area contributed by atoms with E-state index in [0.717, 1.165) is 16.7 Å². The SMILES string of the molecule is Cc1ccc(CS(=O)(=O)Nc2ccc(CC(=O)N(C)C)cc2)cc1. The lowest BCUT2D eigenvalue weighted by atomic mass is 10.1. The third-order valence-electron chi connectivity index (χ3n) is 3.56. The number of aryl methyl sites for hydroxylation is 1. The van der Waals surface area contributed by atoms with Crippen molar-refractivity contribution in [1.82, 2.24) is 4.90 Å². The smallest absolute Gasteiger partial charge is 0.236 e. The van der Waals surface area contributed by atoms with Crippen LogP contribution < -0.4 is 4.72 Å². The Kier molecular flexibility index (Phi) is 5.62. The van der Waals surface area contributed by atoms with Crippen molar-refractivity contribution >= 4 is 21.6 Å². The average Bonchev–Trinajstić information content (AvgIpc) is 2.51. The van der Waals surface area contributed by atoms with Crippen LogP contribution in [-0.2, 0) is 27.0 Å². The zero-order valence-corrected chi connectivity index (χ0v) is 14.9. The molecule has 0 aliphatic rings. The highest BCUT2D eigenvalue weighted by molar-refractivity contribution is 7.91. The van der Waals surface area contributed by atoms with Gasteiger partial charge in [-0.2, -0.15) is 0 Å². The Bertz CT molecular complexity index is 795. The molecule has 0 saturated heterocycles. The molecule has 0 radical (unpaired) electrons. The van der Waals surface area contributed by atoms with Crippen molar-refractivity contribution in [2.45, 2.75) is 19.1 Å². The third kappa shape index (κ3) is 5.38. The summed E-state index contributed by atoms with van der Waals surface area (Å²) in [6.07, 6.45) is 0.295. The molecular formula is C18H22N2O3S. The summed E-state index contributed by atoms with van der Waals surface area (Å²) in [6.45, 7) is 1.96. The number of nitrogens with one attached hydrogen (secondary N) is 1. The number of anilines is 1. The molecule has 0 aliphatic heterocycles.